The summed E-state index contributed by atoms with van der Waals surface area (Å²) in [6.07, 6.45) is -4.12. The van der Waals surface area contributed by atoms with Gasteiger partial charge < -0.3 is 9.80 Å². The van der Waals surface area contributed by atoms with Crippen LogP contribution in [-0.2, 0) is 11.0 Å². The van der Waals surface area contributed by atoms with E-state index in [1.165, 1.54) is 28.2 Å². The molecule has 0 aromatic heterocycles. The van der Waals surface area contributed by atoms with Gasteiger partial charge in [0.25, 0.3) is 11.7 Å². The maximum atomic E-state index is 13.4. The van der Waals surface area contributed by atoms with Gasteiger partial charge in [-0.3, -0.25) is 14.5 Å². The van der Waals surface area contributed by atoms with Gasteiger partial charge in [0.2, 0.25) is 0 Å². The van der Waals surface area contributed by atoms with Crippen LogP contribution in [0.3, 0.4) is 0 Å². The van der Waals surface area contributed by atoms with E-state index >= 15 is 0 Å². The predicted molar refractivity (Wildman–Crippen MR) is 135 cm³/mol. The van der Waals surface area contributed by atoms with Crippen LogP contribution in [0.4, 0.5) is 18.9 Å². The highest BCUT2D eigenvalue weighted by Crippen LogP contribution is 2.40. The first-order valence-electron chi connectivity index (χ1n) is 12.5. The Labute approximate surface area is 214 Å². The molecule has 5 rings (SSSR count). The van der Waals surface area contributed by atoms with Crippen molar-refractivity contribution in [2.75, 3.05) is 44.2 Å². The minimum atomic E-state index is -4.69. The number of rotatable bonds is 7. The van der Waals surface area contributed by atoms with E-state index in [0.29, 0.717) is 13.0 Å². The van der Waals surface area contributed by atoms with Crippen LogP contribution in [0, 0.1) is 0 Å². The van der Waals surface area contributed by atoms with Crippen molar-refractivity contribution in [3.63, 3.8) is 0 Å². The summed E-state index contributed by atoms with van der Waals surface area (Å²) in [4.78, 5) is 30.8. The van der Waals surface area contributed by atoms with Gasteiger partial charge in [-0.2, -0.15) is 13.2 Å². The number of carbonyl (C=O) groups excluding carboxylic acids is 2. The number of benzene rings is 3. The Hall–Kier alpha value is -3.49. The lowest BCUT2D eigenvalue weighted by Crippen LogP contribution is -2.48. The summed E-state index contributed by atoms with van der Waals surface area (Å²) in [5.74, 6) is -1.96. The van der Waals surface area contributed by atoms with E-state index in [4.69, 9.17) is 0 Å². The third-order valence-electron chi connectivity index (χ3n) is 7.16. The zero-order valence-corrected chi connectivity index (χ0v) is 20.3. The first-order valence-corrected chi connectivity index (χ1v) is 12.5. The molecule has 37 heavy (non-hydrogen) atoms. The van der Waals surface area contributed by atoms with Crippen LogP contribution in [0.1, 0.15) is 39.5 Å². The molecule has 0 aliphatic carbocycles. The van der Waals surface area contributed by atoms with Gasteiger partial charge in [-0.1, -0.05) is 66.7 Å². The van der Waals surface area contributed by atoms with Crippen LogP contribution in [0.15, 0.2) is 78.9 Å². The molecule has 192 valence electrons. The number of carbonyl (C=O) groups is 2. The Morgan fingerprint density at radius 1 is 0.730 bits per heavy atom. The number of hydrogen-bond donors (Lipinski definition) is 0. The number of nitrogens with zero attached hydrogens (tertiary/aromatic N) is 3. The van der Waals surface area contributed by atoms with Crippen LogP contribution in [0.2, 0.25) is 0 Å². The summed E-state index contributed by atoms with van der Waals surface area (Å²) < 4.78 is 40.1. The minimum absolute atomic E-state index is 0.0585. The quantitative estimate of drug-likeness (QED) is 0.421. The van der Waals surface area contributed by atoms with Gasteiger partial charge in [-0.15, -0.1) is 0 Å². The molecule has 0 atom stereocenters. The normalized spacial score (nSPS) is 17.0. The lowest BCUT2D eigenvalue weighted by atomic mass is 9.96. The van der Waals surface area contributed by atoms with Crippen molar-refractivity contribution in [2.45, 2.75) is 18.6 Å². The van der Waals surface area contributed by atoms with Gasteiger partial charge >= 0.3 is 6.18 Å². The Morgan fingerprint density at radius 3 is 1.89 bits per heavy atom. The van der Waals surface area contributed by atoms with Crippen LogP contribution in [-0.4, -0.2) is 60.8 Å². The van der Waals surface area contributed by atoms with Crippen molar-refractivity contribution >= 4 is 17.4 Å². The number of piperazine rings is 1. The Kier molecular flexibility index (Phi) is 7.13. The molecule has 0 spiro atoms. The molecule has 0 radical (unpaired) electrons. The third kappa shape index (κ3) is 5.17. The number of amides is 1. The molecular weight excluding hydrogens is 479 g/mol. The van der Waals surface area contributed by atoms with E-state index in [1.807, 2.05) is 12.1 Å². The Morgan fingerprint density at radius 2 is 1.32 bits per heavy atom. The second-order valence-corrected chi connectivity index (χ2v) is 9.44. The van der Waals surface area contributed by atoms with Crippen LogP contribution >= 0.6 is 0 Å². The van der Waals surface area contributed by atoms with E-state index < -0.39 is 29.0 Å². The van der Waals surface area contributed by atoms with Gasteiger partial charge in [-0.05, 0) is 36.2 Å². The fourth-order valence-corrected chi connectivity index (χ4v) is 5.38. The molecular formula is C29H28F3N3O2. The molecule has 1 saturated heterocycles. The molecule has 0 bridgehead atoms. The second kappa shape index (κ2) is 10.5. The Bertz CT molecular complexity index is 1220. The van der Waals surface area contributed by atoms with Crippen molar-refractivity contribution in [3.05, 3.63) is 101 Å². The van der Waals surface area contributed by atoms with Crippen molar-refractivity contribution in [1.29, 1.82) is 0 Å². The average Bonchev–Trinajstić information content (AvgIpc) is 3.15. The fourth-order valence-electron chi connectivity index (χ4n) is 5.38. The summed E-state index contributed by atoms with van der Waals surface area (Å²) in [6.45, 7) is 4.33. The molecule has 1 fully saturated rings. The van der Waals surface area contributed by atoms with E-state index in [-0.39, 0.29) is 18.3 Å². The van der Waals surface area contributed by atoms with E-state index in [1.54, 1.807) is 0 Å². The molecule has 8 heteroatoms. The topological polar surface area (TPSA) is 43.9 Å². The third-order valence-corrected chi connectivity index (χ3v) is 7.16. The largest absolute Gasteiger partial charge is 0.417 e. The monoisotopic (exact) mass is 507 g/mol. The van der Waals surface area contributed by atoms with Crippen LogP contribution < -0.4 is 4.90 Å². The van der Waals surface area contributed by atoms with Gasteiger partial charge in [-0.25, -0.2) is 0 Å². The maximum Gasteiger partial charge on any atom is 0.417 e. The number of ketones is 1. The lowest BCUT2D eigenvalue weighted by Gasteiger charge is -2.40. The number of anilines is 1. The van der Waals surface area contributed by atoms with Gasteiger partial charge in [0.15, 0.2) is 0 Å². The van der Waals surface area contributed by atoms with Crippen LogP contribution in [0.5, 0.6) is 0 Å². The zero-order chi connectivity index (χ0) is 26.0. The molecule has 2 aliphatic heterocycles. The molecule has 3 aromatic carbocycles. The molecule has 0 N–H and O–H groups in total. The highest BCUT2D eigenvalue weighted by Gasteiger charge is 2.44. The smallest absolute Gasteiger partial charge is 0.305 e. The van der Waals surface area contributed by atoms with Crippen molar-refractivity contribution in [1.82, 2.24) is 9.80 Å². The van der Waals surface area contributed by atoms with Gasteiger partial charge in [0.05, 0.1) is 22.9 Å². The minimum Gasteiger partial charge on any atom is -0.305 e. The highest BCUT2D eigenvalue weighted by molar-refractivity contribution is 6.52. The molecule has 2 aliphatic rings. The van der Waals surface area contributed by atoms with Crippen LogP contribution in [0.25, 0.3) is 0 Å². The Balaban J connectivity index is 1.20. The summed E-state index contributed by atoms with van der Waals surface area (Å²) in [7, 11) is 0. The summed E-state index contributed by atoms with van der Waals surface area (Å²) in [5, 5.41) is 0. The molecule has 5 nitrogen and oxygen atoms in total. The maximum absolute atomic E-state index is 13.4. The van der Waals surface area contributed by atoms with Gasteiger partial charge in [0, 0.05) is 32.7 Å². The standard InChI is InChI=1S/C29H28F3N3O2/c30-29(31,32)23-13-7-14-24-25(23)27(36)28(37)35(24)16-8-15-33-17-19-34(20-18-33)26(21-9-3-1-4-10-21)22-11-5-2-6-12-22/h1-7,9-14,26H,8,15-20H2. The SMILES string of the molecule is O=C1C(=O)N(CCCN2CCN(C(c3ccccc3)c3ccccc3)CC2)c2cccc(C(F)(F)F)c21. The predicted octanol–water partition coefficient (Wildman–Crippen LogP) is 5.03. The summed E-state index contributed by atoms with van der Waals surface area (Å²) >= 11 is 0. The zero-order valence-electron chi connectivity index (χ0n) is 20.3. The molecule has 0 unspecified atom stereocenters. The van der Waals surface area contributed by atoms with E-state index in [0.717, 1.165) is 32.2 Å². The first-order chi connectivity index (χ1) is 17.8. The van der Waals surface area contributed by atoms with Gasteiger partial charge in [0.1, 0.15) is 0 Å². The summed E-state index contributed by atoms with van der Waals surface area (Å²) in [6, 6.07) is 24.6. The lowest BCUT2D eigenvalue weighted by molar-refractivity contribution is -0.137. The molecule has 2 heterocycles. The number of Topliss-reactive ketones (excluding diaryl/α,β-unsaturated/α-hetero) is 1. The number of hydrogen-bond acceptors (Lipinski definition) is 4. The molecule has 0 saturated carbocycles. The van der Waals surface area contributed by atoms with Crippen molar-refractivity contribution in [2.24, 2.45) is 0 Å². The highest BCUT2D eigenvalue weighted by atomic mass is 19.4. The molecule has 3 aromatic rings. The number of alkyl halides is 3. The van der Waals surface area contributed by atoms with Crippen molar-refractivity contribution in [3.8, 4) is 0 Å². The summed E-state index contributed by atoms with van der Waals surface area (Å²) in [5.41, 5.74) is 0.977. The second-order valence-electron chi connectivity index (χ2n) is 9.44. The first kappa shape index (κ1) is 25.2. The molecule has 1 amide bonds. The van der Waals surface area contributed by atoms with E-state index in [2.05, 4.69) is 58.3 Å². The number of halogens is 3. The van der Waals surface area contributed by atoms with Crippen molar-refractivity contribution < 1.29 is 22.8 Å². The number of fused-ring (bicyclic) bond motifs is 1. The average molecular weight is 508 g/mol. The fraction of sp³-hybridized carbons (Fsp3) is 0.310. The van der Waals surface area contributed by atoms with E-state index in [9.17, 15) is 22.8 Å².